The van der Waals surface area contributed by atoms with Crippen LogP contribution in [0.1, 0.15) is 23.1 Å². The highest BCUT2D eigenvalue weighted by Crippen LogP contribution is 2.30. The van der Waals surface area contributed by atoms with Crippen LogP contribution in [-0.2, 0) is 7.05 Å². The van der Waals surface area contributed by atoms with Crippen molar-refractivity contribution in [3.05, 3.63) is 52.0 Å². The maximum Gasteiger partial charge on any atom is 0.134 e. The molecule has 1 atom stereocenters. The van der Waals surface area contributed by atoms with E-state index in [0.29, 0.717) is 0 Å². The zero-order chi connectivity index (χ0) is 13.6. The third-order valence-electron chi connectivity index (χ3n) is 3.23. The minimum Gasteiger partial charge on any atom is -0.459 e. The zero-order valence-corrected chi connectivity index (χ0v) is 12.3. The Morgan fingerprint density at radius 2 is 2.16 bits per heavy atom. The van der Waals surface area contributed by atoms with Crippen LogP contribution in [-0.4, -0.2) is 9.78 Å². The number of hydrogen-bond donors (Lipinski definition) is 1. The molecule has 98 valence electrons. The van der Waals surface area contributed by atoms with Crippen molar-refractivity contribution in [2.45, 2.75) is 13.0 Å². The van der Waals surface area contributed by atoms with Crippen molar-refractivity contribution in [1.29, 1.82) is 0 Å². The van der Waals surface area contributed by atoms with E-state index < -0.39 is 0 Å². The molecule has 1 unspecified atom stereocenters. The predicted molar refractivity (Wildman–Crippen MR) is 77.9 cm³/mol. The summed E-state index contributed by atoms with van der Waals surface area (Å²) in [4.78, 5) is 0. The van der Waals surface area contributed by atoms with Crippen LogP contribution in [0.4, 0.5) is 0 Å². The van der Waals surface area contributed by atoms with E-state index in [2.05, 4.69) is 34.0 Å². The number of halogens is 1. The first-order valence-corrected chi connectivity index (χ1v) is 6.78. The fourth-order valence-corrected chi connectivity index (χ4v) is 2.84. The molecule has 0 aliphatic rings. The molecule has 4 nitrogen and oxygen atoms in total. The van der Waals surface area contributed by atoms with Gasteiger partial charge in [-0.25, -0.2) is 0 Å². The van der Waals surface area contributed by atoms with Crippen molar-refractivity contribution in [3.63, 3.8) is 0 Å². The van der Waals surface area contributed by atoms with Crippen LogP contribution in [0.25, 0.3) is 11.0 Å². The summed E-state index contributed by atoms with van der Waals surface area (Å²) in [6.07, 6.45) is 1.74. The second kappa shape index (κ2) is 4.51. The van der Waals surface area contributed by atoms with E-state index in [-0.39, 0.29) is 6.04 Å². The van der Waals surface area contributed by atoms with Gasteiger partial charge >= 0.3 is 0 Å². The molecule has 1 aromatic carbocycles. The number of aromatic nitrogens is 2. The Kier molecular flexibility index (Phi) is 2.95. The lowest BCUT2D eigenvalue weighted by Gasteiger charge is -2.09. The quantitative estimate of drug-likeness (QED) is 0.788. The third-order valence-corrected chi connectivity index (χ3v) is 3.84. The molecule has 5 heteroatoms. The average Bonchev–Trinajstić information content (AvgIpc) is 2.92. The van der Waals surface area contributed by atoms with Crippen molar-refractivity contribution >= 4 is 26.9 Å². The van der Waals surface area contributed by atoms with Gasteiger partial charge in [0, 0.05) is 12.4 Å². The second-order valence-electron chi connectivity index (χ2n) is 4.67. The molecule has 0 bridgehead atoms. The van der Waals surface area contributed by atoms with Gasteiger partial charge in [0.1, 0.15) is 17.4 Å². The van der Waals surface area contributed by atoms with Gasteiger partial charge in [-0.05, 0) is 41.1 Å². The first kappa shape index (κ1) is 12.4. The first-order chi connectivity index (χ1) is 9.06. The van der Waals surface area contributed by atoms with E-state index in [4.69, 9.17) is 10.2 Å². The van der Waals surface area contributed by atoms with Crippen LogP contribution in [0.15, 0.2) is 39.4 Å². The topological polar surface area (TPSA) is 57.0 Å². The molecular weight excluding hydrogens is 306 g/mol. The molecule has 0 aliphatic heterocycles. The zero-order valence-electron chi connectivity index (χ0n) is 10.7. The lowest BCUT2D eigenvalue weighted by Crippen LogP contribution is -2.15. The molecule has 2 heterocycles. The molecule has 3 aromatic rings. The van der Waals surface area contributed by atoms with Gasteiger partial charge < -0.3 is 10.2 Å². The van der Waals surface area contributed by atoms with Crippen LogP contribution in [0.5, 0.6) is 0 Å². The molecule has 2 N–H and O–H groups in total. The maximum absolute atomic E-state index is 6.28. The molecule has 3 rings (SSSR count). The van der Waals surface area contributed by atoms with Crippen LogP contribution in [0.3, 0.4) is 0 Å². The second-order valence-corrected chi connectivity index (χ2v) is 5.52. The van der Waals surface area contributed by atoms with E-state index in [0.717, 1.165) is 26.9 Å². The highest BCUT2D eigenvalue weighted by atomic mass is 79.9. The van der Waals surface area contributed by atoms with E-state index in [9.17, 15) is 0 Å². The predicted octanol–water partition coefficient (Wildman–Crippen LogP) is 3.29. The van der Waals surface area contributed by atoms with Crippen molar-refractivity contribution in [3.8, 4) is 0 Å². The molecule has 0 amide bonds. The monoisotopic (exact) mass is 319 g/mol. The maximum atomic E-state index is 6.28. The minimum atomic E-state index is -0.338. The van der Waals surface area contributed by atoms with Gasteiger partial charge in [0.05, 0.1) is 16.4 Å². The van der Waals surface area contributed by atoms with Crippen molar-refractivity contribution < 1.29 is 4.42 Å². The Morgan fingerprint density at radius 1 is 1.37 bits per heavy atom. The molecule has 0 aliphatic carbocycles. The van der Waals surface area contributed by atoms with Crippen LogP contribution >= 0.6 is 15.9 Å². The number of rotatable bonds is 2. The van der Waals surface area contributed by atoms with Crippen LogP contribution in [0.2, 0.25) is 0 Å². The number of fused-ring (bicyclic) bond motifs is 1. The van der Waals surface area contributed by atoms with E-state index in [1.54, 1.807) is 10.9 Å². The highest BCUT2D eigenvalue weighted by molar-refractivity contribution is 9.10. The van der Waals surface area contributed by atoms with Gasteiger partial charge in [-0.15, -0.1) is 0 Å². The molecule has 0 saturated carbocycles. The molecule has 19 heavy (non-hydrogen) atoms. The Bertz CT molecular complexity index is 725. The summed E-state index contributed by atoms with van der Waals surface area (Å²) in [6, 6.07) is 7.75. The molecular formula is C14H14BrN3O. The number of benzene rings is 1. The van der Waals surface area contributed by atoms with Crippen molar-refractivity contribution in [1.82, 2.24) is 9.78 Å². The van der Waals surface area contributed by atoms with Crippen molar-refractivity contribution in [2.75, 3.05) is 0 Å². The molecule has 0 fully saturated rings. The van der Waals surface area contributed by atoms with Gasteiger partial charge in [-0.1, -0.05) is 11.6 Å². The van der Waals surface area contributed by atoms with Crippen LogP contribution in [0, 0.1) is 6.92 Å². The van der Waals surface area contributed by atoms with Gasteiger partial charge in [-0.2, -0.15) is 5.10 Å². The summed E-state index contributed by atoms with van der Waals surface area (Å²) in [5.74, 6) is 0.741. The normalized spacial score (nSPS) is 13.1. The van der Waals surface area contributed by atoms with Gasteiger partial charge in [0.25, 0.3) is 0 Å². The van der Waals surface area contributed by atoms with E-state index in [1.165, 1.54) is 5.56 Å². The summed E-state index contributed by atoms with van der Waals surface area (Å²) in [7, 11) is 1.87. The van der Waals surface area contributed by atoms with E-state index in [1.807, 2.05) is 25.2 Å². The lowest BCUT2D eigenvalue weighted by molar-refractivity contribution is 0.508. The summed E-state index contributed by atoms with van der Waals surface area (Å²) in [6.45, 7) is 2.06. The summed E-state index contributed by atoms with van der Waals surface area (Å²) < 4.78 is 8.48. The summed E-state index contributed by atoms with van der Waals surface area (Å²) in [5, 5.41) is 5.25. The van der Waals surface area contributed by atoms with Gasteiger partial charge in [-0.3, -0.25) is 4.68 Å². The standard InChI is InChI=1S/C14H14BrN3O/c1-8-3-4-11-9(5-8)6-12(19-11)13(16)14-10(15)7-17-18(14)2/h3-7,13H,16H2,1-2H3. The van der Waals surface area contributed by atoms with Gasteiger partial charge in [0.2, 0.25) is 0 Å². The summed E-state index contributed by atoms with van der Waals surface area (Å²) >= 11 is 3.47. The fraction of sp³-hybridized carbons (Fsp3) is 0.214. The van der Waals surface area contributed by atoms with E-state index >= 15 is 0 Å². The molecule has 2 aromatic heterocycles. The lowest BCUT2D eigenvalue weighted by atomic mass is 10.1. The highest BCUT2D eigenvalue weighted by Gasteiger charge is 2.20. The number of nitrogens with two attached hydrogens (primary N) is 1. The van der Waals surface area contributed by atoms with Gasteiger partial charge in [0.15, 0.2) is 0 Å². The van der Waals surface area contributed by atoms with Crippen molar-refractivity contribution in [2.24, 2.45) is 12.8 Å². The number of aryl methyl sites for hydroxylation is 2. The molecule has 0 spiro atoms. The fourth-order valence-electron chi connectivity index (χ4n) is 2.24. The largest absolute Gasteiger partial charge is 0.459 e. The first-order valence-electron chi connectivity index (χ1n) is 5.99. The number of hydrogen-bond acceptors (Lipinski definition) is 3. The number of nitrogens with zero attached hydrogens (tertiary/aromatic N) is 2. The Hall–Kier alpha value is -1.59. The Labute approximate surface area is 119 Å². The van der Waals surface area contributed by atoms with Crippen LogP contribution < -0.4 is 5.73 Å². The average molecular weight is 320 g/mol. The SMILES string of the molecule is Cc1ccc2oc(C(N)c3c(Br)cnn3C)cc2c1. The Morgan fingerprint density at radius 3 is 2.84 bits per heavy atom. The molecule has 0 radical (unpaired) electrons. The molecule has 0 saturated heterocycles. The number of furan rings is 1. The minimum absolute atomic E-state index is 0.338. The third kappa shape index (κ3) is 2.09. The smallest absolute Gasteiger partial charge is 0.134 e. The summed E-state index contributed by atoms with van der Waals surface area (Å²) in [5.41, 5.74) is 9.24. The Balaban J connectivity index is 2.09.